The number of imidazole rings is 1. The highest BCUT2D eigenvalue weighted by atomic mass is 15.2. The van der Waals surface area contributed by atoms with Crippen molar-refractivity contribution < 1.29 is 0 Å². The molecule has 0 spiro atoms. The van der Waals surface area contributed by atoms with E-state index in [0.717, 1.165) is 24.3 Å². The molecule has 2 aromatic heterocycles. The summed E-state index contributed by atoms with van der Waals surface area (Å²) in [7, 11) is 0. The van der Waals surface area contributed by atoms with E-state index in [-0.39, 0.29) is 0 Å². The zero-order valence-corrected chi connectivity index (χ0v) is 12.0. The summed E-state index contributed by atoms with van der Waals surface area (Å²) in [6.45, 7) is 8.68. The SMILES string of the molecule is Cc1cnc2c(c1)nc(C(C)C)n2C1CCNCC1. The fourth-order valence-corrected chi connectivity index (χ4v) is 2.93. The molecular weight excluding hydrogens is 236 g/mol. The van der Waals surface area contributed by atoms with Gasteiger partial charge in [0.05, 0.1) is 0 Å². The van der Waals surface area contributed by atoms with Crippen LogP contribution in [0.2, 0.25) is 0 Å². The summed E-state index contributed by atoms with van der Waals surface area (Å²) in [6.07, 6.45) is 4.28. The summed E-state index contributed by atoms with van der Waals surface area (Å²) in [5, 5.41) is 3.43. The maximum atomic E-state index is 4.83. The van der Waals surface area contributed by atoms with E-state index < -0.39 is 0 Å². The fraction of sp³-hybridized carbons (Fsp3) is 0.600. The third-order valence-electron chi connectivity index (χ3n) is 3.88. The number of hydrogen-bond donors (Lipinski definition) is 1. The predicted octanol–water partition coefficient (Wildman–Crippen LogP) is 2.79. The number of pyridine rings is 1. The standard InChI is InChI=1S/C15H22N4/c1-10(2)14-18-13-8-11(3)9-17-15(13)19(14)12-4-6-16-7-5-12/h8-10,12,16H,4-7H2,1-3H3. The molecule has 3 rings (SSSR count). The highest BCUT2D eigenvalue weighted by Gasteiger charge is 2.23. The Balaban J connectivity index is 2.15. The van der Waals surface area contributed by atoms with Gasteiger partial charge in [0.15, 0.2) is 5.65 Å². The second-order valence-electron chi connectivity index (χ2n) is 5.83. The van der Waals surface area contributed by atoms with E-state index in [9.17, 15) is 0 Å². The molecule has 1 aliphatic rings. The average Bonchev–Trinajstić information content (AvgIpc) is 2.78. The average molecular weight is 258 g/mol. The van der Waals surface area contributed by atoms with Gasteiger partial charge in [-0.15, -0.1) is 0 Å². The van der Waals surface area contributed by atoms with E-state index in [4.69, 9.17) is 4.98 Å². The van der Waals surface area contributed by atoms with Crippen molar-refractivity contribution in [2.75, 3.05) is 13.1 Å². The molecule has 2 aromatic rings. The van der Waals surface area contributed by atoms with Gasteiger partial charge in [-0.3, -0.25) is 0 Å². The van der Waals surface area contributed by atoms with Gasteiger partial charge in [0.1, 0.15) is 11.3 Å². The maximum absolute atomic E-state index is 4.83. The number of fused-ring (bicyclic) bond motifs is 1. The van der Waals surface area contributed by atoms with Crippen LogP contribution >= 0.6 is 0 Å². The van der Waals surface area contributed by atoms with Gasteiger partial charge in [0, 0.05) is 18.2 Å². The number of nitrogens with one attached hydrogen (secondary N) is 1. The molecule has 0 unspecified atom stereocenters. The molecule has 0 aliphatic carbocycles. The normalized spacial score (nSPS) is 17.5. The number of piperidine rings is 1. The topological polar surface area (TPSA) is 42.7 Å². The molecule has 0 radical (unpaired) electrons. The van der Waals surface area contributed by atoms with Gasteiger partial charge < -0.3 is 9.88 Å². The molecule has 4 heteroatoms. The first kappa shape index (κ1) is 12.6. The Morgan fingerprint density at radius 1 is 1.32 bits per heavy atom. The molecule has 0 saturated carbocycles. The summed E-state index contributed by atoms with van der Waals surface area (Å²) in [5.41, 5.74) is 3.28. The molecule has 19 heavy (non-hydrogen) atoms. The van der Waals surface area contributed by atoms with Gasteiger partial charge in [0.25, 0.3) is 0 Å². The van der Waals surface area contributed by atoms with Gasteiger partial charge in [0.2, 0.25) is 0 Å². The van der Waals surface area contributed by atoms with Crippen LogP contribution in [-0.2, 0) is 0 Å². The number of rotatable bonds is 2. The van der Waals surface area contributed by atoms with E-state index in [1.54, 1.807) is 0 Å². The first-order valence-corrected chi connectivity index (χ1v) is 7.22. The van der Waals surface area contributed by atoms with Gasteiger partial charge in [-0.2, -0.15) is 0 Å². The smallest absolute Gasteiger partial charge is 0.160 e. The summed E-state index contributed by atoms with van der Waals surface area (Å²) >= 11 is 0. The van der Waals surface area contributed by atoms with Crippen molar-refractivity contribution in [3.05, 3.63) is 23.7 Å². The first-order chi connectivity index (χ1) is 9.16. The lowest BCUT2D eigenvalue weighted by molar-refractivity contribution is 0.362. The minimum Gasteiger partial charge on any atom is -0.317 e. The Kier molecular flexibility index (Phi) is 3.27. The van der Waals surface area contributed by atoms with Gasteiger partial charge >= 0.3 is 0 Å². The largest absolute Gasteiger partial charge is 0.317 e. The molecule has 0 atom stereocenters. The number of aryl methyl sites for hydroxylation is 1. The van der Waals surface area contributed by atoms with Crippen molar-refractivity contribution in [3.8, 4) is 0 Å². The summed E-state index contributed by atoms with van der Waals surface area (Å²) < 4.78 is 2.39. The monoisotopic (exact) mass is 258 g/mol. The zero-order valence-electron chi connectivity index (χ0n) is 12.0. The molecule has 102 valence electrons. The van der Waals surface area contributed by atoms with Crippen LogP contribution in [0, 0.1) is 6.92 Å². The summed E-state index contributed by atoms with van der Waals surface area (Å²) in [5.74, 6) is 1.62. The predicted molar refractivity (Wildman–Crippen MR) is 77.5 cm³/mol. The molecule has 1 fully saturated rings. The highest BCUT2D eigenvalue weighted by molar-refractivity contribution is 5.72. The van der Waals surface area contributed by atoms with Crippen molar-refractivity contribution in [3.63, 3.8) is 0 Å². The lowest BCUT2D eigenvalue weighted by atomic mass is 10.1. The van der Waals surface area contributed by atoms with Crippen molar-refractivity contribution in [1.29, 1.82) is 0 Å². The lowest BCUT2D eigenvalue weighted by Crippen LogP contribution is -2.30. The second-order valence-corrected chi connectivity index (χ2v) is 5.83. The van der Waals surface area contributed by atoms with Gasteiger partial charge in [-0.05, 0) is 44.5 Å². The number of aromatic nitrogens is 3. The van der Waals surface area contributed by atoms with E-state index in [1.165, 1.54) is 24.2 Å². The second kappa shape index (κ2) is 4.93. The van der Waals surface area contributed by atoms with Crippen molar-refractivity contribution in [2.24, 2.45) is 0 Å². The van der Waals surface area contributed by atoms with Crippen LogP contribution in [0.1, 0.15) is 50.0 Å². The van der Waals surface area contributed by atoms with E-state index in [1.807, 2.05) is 6.20 Å². The van der Waals surface area contributed by atoms with Gasteiger partial charge in [-0.25, -0.2) is 9.97 Å². The first-order valence-electron chi connectivity index (χ1n) is 7.22. The van der Waals surface area contributed by atoms with Crippen molar-refractivity contribution >= 4 is 11.2 Å². The Labute approximate surface area is 114 Å². The Hall–Kier alpha value is -1.42. The minimum atomic E-state index is 0.435. The van der Waals surface area contributed by atoms with Crippen LogP contribution in [0.3, 0.4) is 0 Å². The summed E-state index contributed by atoms with van der Waals surface area (Å²) in [4.78, 5) is 9.47. The summed E-state index contributed by atoms with van der Waals surface area (Å²) in [6, 6.07) is 2.69. The Morgan fingerprint density at radius 2 is 2.05 bits per heavy atom. The Morgan fingerprint density at radius 3 is 2.74 bits per heavy atom. The van der Waals surface area contributed by atoms with Crippen LogP contribution in [0.4, 0.5) is 0 Å². The number of hydrogen-bond acceptors (Lipinski definition) is 3. The van der Waals surface area contributed by atoms with E-state index >= 15 is 0 Å². The molecule has 3 heterocycles. The van der Waals surface area contributed by atoms with Crippen LogP contribution in [0.5, 0.6) is 0 Å². The highest BCUT2D eigenvalue weighted by Crippen LogP contribution is 2.29. The van der Waals surface area contributed by atoms with Crippen molar-refractivity contribution in [2.45, 2.75) is 45.6 Å². The molecule has 1 aliphatic heterocycles. The minimum absolute atomic E-state index is 0.435. The molecule has 0 bridgehead atoms. The van der Waals surface area contributed by atoms with Crippen LogP contribution in [0.25, 0.3) is 11.2 Å². The molecule has 1 N–H and O–H groups in total. The molecule has 1 saturated heterocycles. The Bertz CT molecular complexity index is 579. The quantitative estimate of drug-likeness (QED) is 0.900. The third-order valence-corrected chi connectivity index (χ3v) is 3.88. The molecule has 0 aromatic carbocycles. The third kappa shape index (κ3) is 2.25. The molecule has 0 amide bonds. The lowest BCUT2D eigenvalue weighted by Gasteiger charge is -2.26. The zero-order chi connectivity index (χ0) is 13.4. The van der Waals surface area contributed by atoms with Gasteiger partial charge in [-0.1, -0.05) is 13.8 Å². The van der Waals surface area contributed by atoms with Crippen LogP contribution in [-0.4, -0.2) is 27.6 Å². The molecular formula is C15H22N4. The van der Waals surface area contributed by atoms with Crippen LogP contribution in [0.15, 0.2) is 12.3 Å². The van der Waals surface area contributed by atoms with E-state index in [2.05, 4.69) is 41.7 Å². The maximum Gasteiger partial charge on any atom is 0.160 e. The number of nitrogens with zero attached hydrogens (tertiary/aromatic N) is 3. The fourth-order valence-electron chi connectivity index (χ4n) is 2.93. The van der Waals surface area contributed by atoms with E-state index in [0.29, 0.717) is 12.0 Å². The van der Waals surface area contributed by atoms with Crippen molar-refractivity contribution in [1.82, 2.24) is 19.9 Å². The molecule has 4 nitrogen and oxygen atoms in total. The van der Waals surface area contributed by atoms with Crippen LogP contribution < -0.4 is 5.32 Å².